The zero-order chi connectivity index (χ0) is 28.3. The van der Waals surface area contributed by atoms with Gasteiger partial charge in [0.25, 0.3) is 0 Å². The lowest BCUT2D eigenvalue weighted by atomic mass is 10.0. The summed E-state index contributed by atoms with van der Waals surface area (Å²) in [6.07, 6.45) is 23.6. The molecule has 0 saturated heterocycles. The first-order chi connectivity index (χ1) is 18.4. The van der Waals surface area contributed by atoms with Crippen molar-refractivity contribution in [2.45, 2.75) is 193 Å². The summed E-state index contributed by atoms with van der Waals surface area (Å²) in [5.41, 5.74) is 0. The van der Waals surface area contributed by atoms with E-state index in [2.05, 4.69) is 31.4 Å². The third-order valence-electron chi connectivity index (χ3n) is 7.37. The van der Waals surface area contributed by atoms with Crippen LogP contribution in [0, 0.1) is 0 Å². The largest absolute Gasteiger partial charge is 0.393 e. The van der Waals surface area contributed by atoms with E-state index < -0.39 is 0 Å². The topological polar surface area (TPSA) is 98.7 Å². The van der Waals surface area contributed by atoms with Crippen molar-refractivity contribution in [3.05, 3.63) is 0 Å². The van der Waals surface area contributed by atoms with Crippen LogP contribution in [0.5, 0.6) is 0 Å². The summed E-state index contributed by atoms with van der Waals surface area (Å²) in [7, 11) is 0. The van der Waals surface area contributed by atoms with Gasteiger partial charge in [-0.1, -0.05) is 117 Å². The first-order valence-electron chi connectivity index (χ1n) is 16.4. The molecule has 0 radical (unpaired) electrons. The maximum absolute atomic E-state index is 12.4. The summed E-state index contributed by atoms with van der Waals surface area (Å²) in [6, 6.07) is 0. The molecule has 0 heterocycles. The Kier molecular flexibility index (Phi) is 26.6. The minimum absolute atomic E-state index is 0.0378. The molecule has 0 saturated carbocycles. The Hall–Kier alpha value is -1.14. The van der Waals surface area contributed by atoms with Gasteiger partial charge in [0.1, 0.15) is 6.17 Å². The van der Waals surface area contributed by atoms with Gasteiger partial charge in [0.15, 0.2) is 0 Å². The van der Waals surface area contributed by atoms with Crippen molar-refractivity contribution < 1.29 is 19.8 Å². The highest BCUT2D eigenvalue weighted by Crippen LogP contribution is 2.14. The first kappa shape index (κ1) is 36.9. The number of aliphatic hydroxyl groups excluding tert-OH is 2. The Labute approximate surface area is 235 Å². The predicted molar refractivity (Wildman–Crippen MR) is 160 cm³/mol. The molecule has 0 aromatic carbocycles. The standard InChI is InChI=1S/C32H64N2O4/c1-4-21-28(35)24-17-13-9-7-11-15-19-26-31(37)33-30(23-6-3)34-32(38)27-20-16-12-8-10-14-18-25-29(36)22-5-2/h28-30,35-36H,4-27H2,1-3H3,(H,33,37)(H,34,38). The Balaban J connectivity index is 3.76. The van der Waals surface area contributed by atoms with Crippen LogP contribution in [0.15, 0.2) is 0 Å². The molecule has 0 spiro atoms. The van der Waals surface area contributed by atoms with E-state index in [0.29, 0.717) is 12.8 Å². The van der Waals surface area contributed by atoms with E-state index >= 15 is 0 Å². The summed E-state index contributed by atoms with van der Waals surface area (Å²) < 4.78 is 0. The second-order valence-electron chi connectivity index (χ2n) is 11.4. The smallest absolute Gasteiger partial charge is 0.221 e. The molecular weight excluding hydrogens is 476 g/mol. The molecule has 38 heavy (non-hydrogen) atoms. The van der Waals surface area contributed by atoms with E-state index in [0.717, 1.165) is 103 Å². The van der Waals surface area contributed by atoms with Gasteiger partial charge in [0.2, 0.25) is 11.8 Å². The molecule has 0 aliphatic carbocycles. The highest BCUT2D eigenvalue weighted by atomic mass is 16.3. The molecule has 2 amide bonds. The Morgan fingerprint density at radius 3 is 1.13 bits per heavy atom. The average Bonchev–Trinajstić information content (AvgIpc) is 2.87. The van der Waals surface area contributed by atoms with Crippen molar-refractivity contribution in [2.24, 2.45) is 0 Å². The van der Waals surface area contributed by atoms with Crippen LogP contribution in [0.25, 0.3) is 0 Å². The molecule has 2 unspecified atom stereocenters. The van der Waals surface area contributed by atoms with Crippen LogP contribution in [-0.2, 0) is 9.59 Å². The van der Waals surface area contributed by atoms with E-state index in [1.807, 2.05) is 0 Å². The van der Waals surface area contributed by atoms with E-state index in [-0.39, 0.29) is 30.2 Å². The Bertz CT molecular complexity index is 500. The molecule has 2 atom stereocenters. The van der Waals surface area contributed by atoms with Crippen LogP contribution in [-0.4, -0.2) is 40.4 Å². The molecule has 0 fully saturated rings. The minimum atomic E-state index is -0.258. The number of unbranched alkanes of at least 4 members (excludes halogenated alkanes) is 12. The van der Waals surface area contributed by atoms with Gasteiger partial charge in [-0.25, -0.2) is 0 Å². The van der Waals surface area contributed by atoms with Crippen molar-refractivity contribution in [3.63, 3.8) is 0 Å². The number of aliphatic hydroxyl groups is 2. The quantitative estimate of drug-likeness (QED) is 0.0604. The molecule has 6 heteroatoms. The summed E-state index contributed by atoms with van der Waals surface area (Å²) in [6.45, 7) is 6.29. The molecule has 6 nitrogen and oxygen atoms in total. The number of hydrogen-bond donors (Lipinski definition) is 4. The van der Waals surface area contributed by atoms with E-state index in [4.69, 9.17) is 0 Å². The lowest BCUT2D eigenvalue weighted by molar-refractivity contribution is -0.124. The van der Waals surface area contributed by atoms with Crippen LogP contribution in [0.2, 0.25) is 0 Å². The van der Waals surface area contributed by atoms with E-state index in [9.17, 15) is 19.8 Å². The predicted octanol–water partition coefficient (Wildman–Crippen LogP) is 7.69. The van der Waals surface area contributed by atoms with Crippen LogP contribution in [0.3, 0.4) is 0 Å². The van der Waals surface area contributed by atoms with Crippen molar-refractivity contribution in [3.8, 4) is 0 Å². The number of nitrogens with one attached hydrogen (secondary N) is 2. The van der Waals surface area contributed by atoms with Gasteiger partial charge in [-0.05, 0) is 44.9 Å². The molecule has 0 bridgehead atoms. The second-order valence-corrected chi connectivity index (χ2v) is 11.4. The van der Waals surface area contributed by atoms with Gasteiger partial charge in [-0.3, -0.25) is 9.59 Å². The Morgan fingerprint density at radius 2 is 0.789 bits per heavy atom. The number of carbonyl (C=O) groups excluding carboxylic acids is 2. The number of amides is 2. The van der Waals surface area contributed by atoms with Crippen LogP contribution in [0.1, 0.15) is 175 Å². The SMILES string of the molecule is CCCC(O)CCCCCCCCCC(=O)NC(CCC)NC(=O)CCCCCCCCCC(O)CCC. The fraction of sp³-hybridized carbons (Fsp3) is 0.938. The van der Waals surface area contributed by atoms with Gasteiger partial charge in [0, 0.05) is 12.8 Å². The second kappa shape index (κ2) is 27.4. The molecule has 4 N–H and O–H groups in total. The molecular formula is C32H64N2O4. The van der Waals surface area contributed by atoms with Gasteiger partial charge in [0.05, 0.1) is 12.2 Å². The maximum atomic E-state index is 12.4. The minimum Gasteiger partial charge on any atom is -0.393 e. The molecule has 0 aliphatic rings. The number of hydrogen-bond acceptors (Lipinski definition) is 4. The van der Waals surface area contributed by atoms with Gasteiger partial charge in [-0.15, -0.1) is 0 Å². The van der Waals surface area contributed by atoms with Crippen LogP contribution >= 0.6 is 0 Å². The third-order valence-corrected chi connectivity index (χ3v) is 7.37. The Morgan fingerprint density at radius 1 is 0.474 bits per heavy atom. The lowest BCUT2D eigenvalue weighted by Crippen LogP contribution is -2.47. The van der Waals surface area contributed by atoms with Gasteiger partial charge >= 0.3 is 0 Å². The van der Waals surface area contributed by atoms with Crippen molar-refractivity contribution >= 4 is 11.8 Å². The average molecular weight is 541 g/mol. The van der Waals surface area contributed by atoms with Crippen molar-refractivity contribution in [2.75, 3.05) is 0 Å². The normalized spacial score (nSPS) is 13.7. The van der Waals surface area contributed by atoms with E-state index in [1.165, 1.54) is 38.5 Å². The fourth-order valence-electron chi connectivity index (χ4n) is 5.06. The summed E-state index contributed by atoms with van der Waals surface area (Å²) >= 11 is 0. The van der Waals surface area contributed by atoms with Crippen molar-refractivity contribution in [1.29, 1.82) is 0 Å². The van der Waals surface area contributed by atoms with Crippen LogP contribution < -0.4 is 10.6 Å². The fourth-order valence-corrected chi connectivity index (χ4v) is 5.06. The molecule has 226 valence electrons. The van der Waals surface area contributed by atoms with Gasteiger partial charge < -0.3 is 20.8 Å². The molecule has 0 aromatic rings. The zero-order valence-corrected chi connectivity index (χ0v) is 25.4. The zero-order valence-electron chi connectivity index (χ0n) is 25.4. The molecule has 0 aromatic heterocycles. The summed E-state index contributed by atoms with van der Waals surface area (Å²) in [5, 5.41) is 25.6. The highest BCUT2D eigenvalue weighted by Gasteiger charge is 2.14. The highest BCUT2D eigenvalue weighted by molar-refractivity contribution is 5.79. The summed E-state index contributed by atoms with van der Waals surface area (Å²) in [4.78, 5) is 24.8. The number of carbonyl (C=O) groups is 2. The summed E-state index contributed by atoms with van der Waals surface area (Å²) in [5.74, 6) is 0.0757. The number of rotatable bonds is 28. The van der Waals surface area contributed by atoms with Crippen LogP contribution in [0.4, 0.5) is 0 Å². The monoisotopic (exact) mass is 540 g/mol. The lowest BCUT2D eigenvalue weighted by Gasteiger charge is -2.20. The maximum Gasteiger partial charge on any atom is 0.221 e. The van der Waals surface area contributed by atoms with Gasteiger partial charge in [-0.2, -0.15) is 0 Å². The van der Waals surface area contributed by atoms with E-state index in [1.54, 1.807) is 0 Å². The first-order valence-corrected chi connectivity index (χ1v) is 16.4. The third kappa shape index (κ3) is 25.2. The molecule has 0 rings (SSSR count). The molecule has 0 aliphatic heterocycles. The van der Waals surface area contributed by atoms with Crippen molar-refractivity contribution in [1.82, 2.24) is 10.6 Å².